The molecule has 5 nitrogen and oxygen atoms in total. The average Bonchev–Trinajstić information content (AvgIpc) is 2.59. The van der Waals surface area contributed by atoms with E-state index in [1.165, 1.54) is 44.9 Å². The Morgan fingerprint density at radius 3 is 1.69 bits per heavy atom. The quantitative estimate of drug-likeness (QED) is 0.111. The van der Waals surface area contributed by atoms with Crippen LogP contribution < -0.4 is 0 Å². The molecule has 1 atom stereocenters. The molecule has 0 saturated carbocycles. The van der Waals surface area contributed by atoms with Crippen molar-refractivity contribution in [1.29, 1.82) is 0 Å². The summed E-state index contributed by atoms with van der Waals surface area (Å²) in [5, 5.41) is 8.56. The van der Waals surface area contributed by atoms with Crippen LogP contribution in [-0.2, 0) is 4.57 Å². The molecule has 1 unspecified atom stereocenters. The molecule has 29 heavy (non-hydrogen) atoms. The Bertz CT molecular complexity index is 507. The maximum atomic E-state index is 11.7. The number of nitrogens with zero attached hydrogens (tertiary/aromatic N) is 1. The van der Waals surface area contributed by atoms with E-state index in [0.29, 0.717) is 10.9 Å². The molecule has 0 bridgehead atoms. The summed E-state index contributed by atoms with van der Waals surface area (Å²) in [4.78, 5) is 19.1. The number of likely N-dealkylation sites (N-methyl/N-ethyl adjacent to an activating group) is 1. The predicted molar refractivity (Wildman–Crippen MR) is 124 cm³/mol. The van der Waals surface area contributed by atoms with Gasteiger partial charge in [-0.05, 0) is 51.4 Å². The SMILES string of the molecule is CCCCCCCC/C=C\CC/C=C\CCCCC(O)(C[N+](C)(C)C)P(=O)(O)O. The number of aliphatic hydroxyl groups is 1. The number of quaternary nitrogens is 1. The highest BCUT2D eigenvalue weighted by Gasteiger charge is 2.48. The Hall–Kier alpha value is -0.450. The highest BCUT2D eigenvalue weighted by atomic mass is 31.2. The molecular formula is C23H47NO4P+. The number of allylic oxidation sites excluding steroid dienone is 4. The summed E-state index contributed by atoms with van der Waals surface area (Å²) in [5.41, 5.74) is 0. The van der Waals surface area contributed by atoms with Gasteiger partial charge < -0.3 is 19.4 Å². The van der Waals surface area contributed by atoms with Gasteiger partial charge in [0.05, 0.1) is 21.1 Å². The molecule has 0 amide bonds. The van der Waals surface area contributed by atoms with Crippen LogP contribution in [0.2, 0.25) is 0 Å². The maximum absolute atomic E-state index is 11.7. The van der Waals surface area contributed by atoms with Crippen LogP contribution in [0.1, 0.15) is 90.4 Å². The van der Waals surface area contributed by atoms with Crippen molar-refractivity contribution in [2.75, 3.05) is 27.7 Å². The van der Waals surface area contributed by atoms with Gasteiger partial charge >= 0.3 is 7.60 Å². The number of rotatable bonds is 18. The van der Waals surface area contributed by atoms with E-state index in [4.69, 9.17) is 0 Å². The molecule has 0 radical (unpaired) electrons. The van der Waals surface area contributed by atoms with E-state index < -0.39 is 12.9 Å². The molecule has 3 N–H and O–H groups in total. The third-order valence-electron chi connectivity index (χ3n) is 5.03. The normalized spacial score (nSPS) is 15.4. The zero-order valence-corrected chi connectivity index (χ0v) is 20.2. The molecule has 0 spiro atoms. The first kappa shape index (κ1) is 28.5. The summed E-state index contributed by atoms with van der Waals surface area (Å²) in [6.07, 6.45) is 22.6. The van der Waals surface area contributed by atoms with Crippen molar-refractivity contribution in [3.8, 4) is 0 Å². The van der Waals surface area contributed by atoms with Crippen molar-refractivity contribution in [3.05, 3.63) is 24.3 Å². The first-order chi connectivity index (χ1) is 13.5. The second kappa shape index (κ2) is 15.4. The molecule has 0 aromatic rings. The molecule has 0 aromatic heterocycles. The fourth-order valence-corrected chi connectivity index (χ4v) is 4.51. The number of hydrogen-bond acceptors (Lipinski definition) is 2. The van der Waals surface area contributed by atoms with Gasteiger partial charge in [0.25, 0.3) is 0 Å². The fourth-order valence-electron chi connectivity index (χ4n) is 3.45. The minimum Gasteiger partial charge on any atom is -0.373 e. The van der Waals surface area contributed by atoms with Crippen LogP contribution in [-0.4, -0.2) is 52.4 Å². The van der Waals surface area contributed by atoms with Crippen LogP contribution in [0.3, 0.4) is 0 Å². The van der Waals surface area contributed by atoms with Gasteiger partial charge in [-0.1, -0.05) is 63.3 Å². The highest BCUT2D eigenvalue weighted by Crippen LogP contribution is 2.52. The Labute approximate surface area is 179 Å². The van der Waals surface area contributed by atoms with Gasteiger partial charge in [-0.2, -0.15) is 0 Å². The topological polar surface area (TPSA) is 77.8 Å². The van der Waals surface area contributed by atoms with Crippen LogP contribution in [0, 0.1) is 0 Å². The molecule has 0 aliphatic heterocycles. The first-order valence-electron chi connectivity index (χ1n) is 11.4. The maximum Gasteiger partial charge on any atom is 0.362 e. The summed E-state index contributed by atoms with van der Waals surface area (Å²) in [6, 6.07) is 0. The lowest BCUT2D eigenvalue weighted by molar-refractivity contribution is -0.875. The lowest BCUT2D eigenvalue weighted by Gasteiger charge is -2.35. The molecule has 0 heterocycles. The van der Waals surface area contributed by atoms with Crippen molar-refractivity contribution in [3.63, 3.8) is 0 Å². The zero-order valence-electron chi connectivity index (χ0n) is 19.4. The van der Waals surface area contributed by atoms with Crippen LogP contribution in [0.25, 0.3) is 0 Å². The van der Waals surface area contributed by atoms with Gasteiger partial charge in [-0.15, -0.1) is 0 Å². The van der Waals surface area contributed by atoms with Crippen LogP contribution in [0.4, 0.5) is 0 Å². The third-order valence-corrected chi connectivity index (χ3v) is 6.47. The van der Waals surface area contributed by atoms with E-state index in [1.807, 2.05) is 21.1 Å². The molecule has 172 valence electrons. The number of hydrogen-bond donors (Lipinski definition) is 3. The lowest BCUT2D eigenvalue weighted by atomic mass is 10.1. The monoisotopic (exact) mass is 432 g/mol. The Kier molecular flexibility index (Phi) is 15.1. The second-order valence-corrected chi connectivity index (χ2v) is 11.2. The molecule has 0 aliphatic rings. The van der Waals surface area contributed by atoms with Crippen molar-refractivity contribution >= 4 is 7.60 Å². The summed E-state index contributed by atoms with van der Waals surface area (Å²) >= 11 is 0. The van der Waals surface area contributed by atoms with Gasteiger partial charge in [-0.25, -0.2) is 0 Å². The van der Waals surface area contributed by atoms with E-state index >= 15 is 0 Å². The van der Waals surface area contributed by atoms with Crippen LogP contribution in [0.15, 0.2) is 24.3 Å². The number of unbranched alkanes of at least 4 members (excludes halogenated alkanes) is 9. The van der Waals surface area contributed by atoms with E-state index in [1.54, 1.807) is 0 Å². The Morgan fingerprint density at radius 1 is 0.759 bits per heavy atom. The standard InChI is InChI=1S/C23H46NO4P/c1-5-6-7-8-9-10-11-12-13-14-15-16-17-18-19-20-21-23(25,29(26,27)28)22-24(2,3)4/h12-13,16-17,25H,5-11,14-15,18-22H2,1-4H3,(H-,26,27,28)/p+1/b13-12-,17-16-. The Balaban J connectivity index is 3.85. The summed E-state index contributed by atoms with van der Waals surface area (Å²) in [5.74, 6) is 0. The summed E-state index contributed by atoms with van der Waals surface area (Å²) in [7, 11) is 0.915. The van der Waals surface area contributed by atoms with Crippen molar-refractivity contribution in [2.24, 2.45) is 0 Å². The molecule has 0 saturated heterocycles. The largest absolute Gasteiger partial charge is 0.373 e. The lowest BCUT2D eigenvalue weighted by Crippen LogP contribution is -2.49. The molecule has 0 fully saturated rings. The van der Waals surface area contributed by atoms with Crippen LogP contribution >= 0.6 is 7.60 Å². The van der Waals surface area contributed by atoms with Gasteiger partial charge in [0.15, 0.2) is 0 Å². The van der Waals surface area contributed by atoms with Crippen molar-refractivity contribution < 1.29 is 23.9 Å². The average molecular weight is 433 g/mol. The van der Waals surface area contributed by atoms with E-state index in [-0.39, 0.29) is 13.0 Å². The molecule has 0 aromatic carbocycles. The van der Waals surface area contributed by atoms with E-state index in [0.717, 1.165) is 25.7 Å². The van der Waals surface area contributed by atoms with Gasteiger partial charge in [0.1, 0.15) is 6.54 Å². The van der Waals surface area contributed by atoms with Gasteiger partial charge in [0.2, 0.25) is 5.34 Å². The highest BCUT2D eigenvalue weighted by molar-refractivity contribution is 7.53. The fraction of sp³-hybridized carbons (Fsp3) is 0.826. The predicted octanol–water partition coefficient (Wildman–Crippen LogP) is 5.76. The zero-order chi connectivity index (χ0) is 22.2. The third kappa shape index (κ3) is 16.0. The first-order valence-corrected chi connectivity index (χ1v) is 13.0. The Morgan fingerprint density at radius 2 is 1.21 bits per heavy atom. The van der Waals surface area contributed by atoms with E-state index in [2.05, 4.69) is 31.2 Å². The minimum absolute atomic E-state index is 0.0399. The minimum atomic E-state index is -4.56. The summed E-state index contributed by atoms with van der Waals surface area (Å²) in [6.45, 7) is 2.29. The summed E-state index contributed by atoms with van der Waals surface area (Å²) < 4.78 is 12.0. The second-order valence-electron chi connectivity index (χ2n) is 9.30. The van der Waals surface area contributed by atoms with Crippen molar-refractivity contribution in [2.45, 2.75) is 95.7 Å². The van der Waals surface area contributed by atoms with Crippen molar-refractivity contribution in [1.82, 2.24) is 0 Å². The van der Waals surface area contributed by atoms with Gasteiger partial charge in [-0.3, -0.25) is 4.57 Å². The molecule has 0 rings (SSSR count). The smallest absolute Gasteiger partial charge is 0.362 e. The molecule has 0 aliphatic carbocycles. The van der Waals surface area contributed by atoms with Gasteiger partial charge in [0, 0.05) is 0 Å². The molecular weight excluding hydrogens is 385 g/mol. The van der Waals surface area contributed by atoms with E-state index in [9.17, 15) is 19.5 Å². The van der Waals surface area contributed by atoms with Crippen LogP contribution in [0.5, 0.6) is 0 Å². The molecule has 6 heteroatoms.